The van der Waals surface area contributed by atoms with Crippen molar-refractivity contribution in [2.45, 2.75) is 42.9 Å². The molecule has 1 aliphatic rings. The minimum absolute atomic E-state index is 0.125. The molecule has 2 aromatic carbocycles. The van der Waals surface area contributed by atoms with Crippen LogP contribution in [0.15, 0.2) is 53.4 Å². The normalized spacial score (nSPS) is 15.4. The Balaban J connectivity index is 1.87. The van der Waals surface area contributed by atoms with E-state index in [1.54, 1.807) is 11.8 Å². The molecule has 1 aliphatic carbocycles. The summed E-state index contributed by atoms with van der Waals surface area (Å²) >= 11 is 1.65. The predicted molar refractivity (Wildman–Crippen MR) is 92.1 cm³/mol. The fourth-order valence-corrected chi connectivity index (χ4v) is 3.60. The number of rotatable bonds is 5. The van der Waals surface area contributed by atoms with E-state index in [0.29, 0.717) is 6.04 Å². The first kappa shape index (κ1) is 15.2. The molecule has 1 unspecified atom stereocenters. The third kappa shape index (κ3) is 3.72. The van der Waals surface area contributed by atoms with Gasteiger partial charge in [0.05, 0.1) is 0 Å². The van der Waals surface area contributed by atoms with E-state index in [-0.39, 0.29) is 11.2 Å². The molecule has 22 heavy (non-hydrogen) atoms. The van der Waals surface area contributed by atoms with Crippen molar-refractivity contribution in [2.24, 2.45) is 0 Å². The Kier molecular flexibility index (Phi) is 4.53. The molecule has 3 rings (SSSR count). The van der Waals surface area contributed by atoms with Crippen LogP contribution in [0.25, 0.3) is 0 Å². The summed E-state index contributed by atoms with van der Waals surface area (Å²) in [5, 5.41) is 2.95. The third-order valence-corrected chi connectivity index (χ3v) is 5.27. The van der Waals surface area contributed by atoms with Crippen LogP contribution in [0.5, 0.6) is 0 Å². The lowest BCUT2D eigenvalue weighted by molar-refractivity contribution is -0.120. The molecule has 0 heterocycles. The summed E-state index contributed by atoms with van der Waals surface area (Å²) in [5.41, 5.74) is 3.50. The van der Waals surface area contributed by atoms with Gasteiger partial charge in [-0.15, -0.1) is 11.8 Å². The highest BCUT2D eigenvalue weighted by Gasteiger charge is 2.29. The van der Waals surface area contributed by atoms with Gasteiger partial charge >= 0.3 is 0 Å². The van der Waals surface area contributed by atoms with E-state index in [9.17, 15) is 4.79 Å². The van der Waals surface area contributed by atoms with Crippen molar-refractivity contribution in [2.75, 3.05) is 0 Å². The number of aryl methyl sites for hydroxylation is 2. The zero-order valence-electron chi connectivity index (χ0n) is 13.0. The molecule has 2 aromatic rings. The lowest BCUT2D eigenvalue weighted by Crippen LogP contribution is -2.29. The zero-order chi connectivity index (χ0) is 15.5. The number of amides is 1. The smallest absolute Gasteiger partial charge is 0.238 e. The second kappa shape index (κ2) is 6.57. The predicted octanol–water partition coefficient (Wildman–Crippen LogP) is 4.42. The van der Waals surface area contributed by atoms with Crippen molar-refractivity contribution in [1.82, 2.24) is 5.32 Å². The minimum Gasteiger partial charge on any atom is -0.352 e. The number of hydrogen-bond acceptors (Lipinski definition) is 2. The maximum atomic E-state index is 12.7. The van der Waals surface area contributed by atoms with Gasteiger partial charge in [-0.2, -0.15) is 0 Å². The van der Waals surface area contributed by atoms with Gasteiger partial charge in [-0.1, -0.05) is 48.0 Å². The fourth-order valence-electron chi connectivity index (χ4n) is 2.37. The van der Waals surface area contributed by atoms with Crippen molar-refractivity contribution in [3.8, 4) is 0 Å². The number of nitrogens with one attached hydrogen (secondary N) is 1. The summed E-state index contributed by atoms with van der Waals surface area (Å²) in [5.74, 6) is 0.125. The molecule has 0 aromatic heterocycles. The van der Waals surface area contributed by atoms with Crippen LogP contribution in [0.1, 0.15) is 34.8 Å². The topological polar surface area (TPSA) is 29.1 Å². The van der Waals surface area contributed by atoms with Gasteiger partial charge in [0.15, 0.2) is 0 Å². The van der Waals surface area contributed by atoms with Crippen LogP contribution in [0.2, 0.25) is 0 Å². The average Bonchev–Trinajstić information content (AvgIpc) is 3.33. The van der Waals surface area contributed by atoms with Crippen LogP contribution in [0.3, 0.4) is 0 Å². The molecule has 1 N–H and O–H groups in total. The van der Waals surface area contributed by atoms with Crippen molar-refractivity contribution < 1.29 is 4.79 Å². The van der Waals surface area contributed by atoms with Crippen LogP contribution in [0, 0.1) is 13.8 Å². The van der Waals surface area contributed by atoms with Gasteiger partial charge in [-0.3, -0.25) is 4.79 Å². The van der Waals surface area contributed by atoms with Gasteiger partial charge in [0.1, 0.15) is 5.25 Å². The molecule has 2 nitrogen and oxygen atoms in total. The molecule has 114 valence electrons. The Hall–Kier alpha value is -1.74. The molecule has 1 amide bonds. The molecule has 0 aliphatic heterocycles. The SMILES string of the molecule is Cc1ccc(C)c(SC(C(=O)NC2CC2)c2ccccc2)c1. The summed E-state index contributed by atoms with van der Waals surface area (Å²) in [6, 6.07) is 16.8. The average molecular weight is 311 g/mol. The molecule has 1 fully saturated rings. The summed E-state index contributed by atoms with van der Waals surface area (Å²) in [7, 11) is 0. The van der Waals surface area contributed by atoms with E-state index in [4.69, 9.17) is 0 Å². The quantitative estimate of drug-likeness (QED) is 0.828. The molecule has 0 radical (unpaired) electrons. The molecule has 1 atom stereocenters. The number of hydrogen-bond donors (Lipinski definition) is 1. The van der Waals surface area contributed by atoms with E-state index in [1.807, 2.05) is 30.3 Å². The summed E-state index contributed by atoms with van der Waals surface area (Å²) < 4.78 is 0. The largest absolute Gasteiger partial charge is 0.352 e. The first-order chi connectivity index (χ1) is 10.6. The maximum absolute atomic E-state index is 12.7. The molecular formula is C19H21NOS. The Bertz CT molecular complexity index is 664. The lowest BCUT2D eigenvalue weighted by atomic mass is 10.1. The van der Waals surface area contributed by atoms with Crippen molar-refractivity contribution in [1.29, 1.82) is 0 Å². The van der Waals surface area contributed by atoms with E-state index in [0.717, 1.165) is 18.4 Å². The highest BCUT2D eigenvalue weighted by atomic mass is 32.2. The van der Waals surface area contributed by atoms with E-state index in [1.165, 1.54) is 16.0 Å². The lowest BCUT2D eigenvalue weighted by Gasteiger charge is -2.18. The zero-order valence-corrected chi connectivity index (χ0v) is 13.8. The Labute approximate surface area is 136 Å². The summed E-state index contributed by atoms with van der Waals surface area (Å²) in [6.45, 7) is 4.19. The van der Waals surface area contributed by atoms with E-state index >= 15 is 0 Å². The molecule has 1 saturated carbocycles. The van der Waals surface area contributed by atoms with Crippen molar-refractivity contribution in [3.05, 3.63) is 65.2 Å². The Morgan fingerprint density at radius 3 is 2.55 bits per heavy atom. The van der Waals surface area contributed by atoms with Gasteiger partial charge in [0, 0.05) is 10.9 Å². The first-order valence-corrected chi connectivity index (χ1v) is 8.60. The van der Waals surface area contributed by atoms with Gasteiger partial charge in [0.25, 0.3) is 0 Å². The van der Waals surface area contributed by atoms with Gasteiger partial charge < -0.3 is 5.32 Å². The van der Waals surface area contributed by atoms with E-state index in [2.05, 4.69) is 37.4 Å². The third-order valence-electron chi connectivity index (χ3n) is 3.85. The maximum Gasteiger partial charge on any atom is 0.238 e. The number of thioether (sulfide) groups is 1. The highest BCUT2D eigenvalue weighted by molar-refractivity contribution is 8.00. The van der Waals surface area contributed by atoms with Crippen molar-refractivity contribution in [3.63, 3.8) is 0 Å². The molecule has 0 bridgehead atoms. The number of carbonyl (C=O) groups excluding carboxylic acids is 1. The highest BCUT2D eigenvalue weighted by Crippen LogP contribution is 2.38. The van der Waals surface area contributed by atoms with Crippen LogP contribution < -0.4 is 5.32 Å². The standard InChI is InChI=1S/C19H21NOS/c1-13-8-9-14(2)17(12-13)22-18(15-6-4-3-5-7-15)19(21)20-16-10-11-16/h3-9,12,16,18H,10-11H2,1-2H3,(H,20,21). The monoisotopic (exact) mass is 311 g/mol. The molecule has 0 saturated heterocycles. The second-order valence-electron chi connectivity index (χ2n) is 5.96. The molecule has 3 heteroatoms. The van der Waals surface area contributed by atoms with Crippen LogP contribution in [-0.2, 0) is 4.79 Å². The Morgan fingerprint density at radius 1 is 1.14 bits per heavy atom. The van der Waals surface area contributed by atoms with Gasteiger partial charge in [0.2, 0.25) is 5.91 Å². The fraction of sp³-hybridized carbons (Fsp3) is 0.316. The van der Waals surface area contributed by atoms with Crippen LogP contribution >= 0.6 is 11.8 Å². The van der Waals surface area contributed by atoms with Crippen molar-refractivity contribution >= 4 is 17.7 Å². The minimum atomic E-state index is -0.192. The van der Waals surface area contributed by atoms with E-state index < -0.39 is 0 Å². The second-order valence-corrected chi connectivity index (χ2v) is 7.11. The van der Waals surface area contributed by atoms with Crippen LogP contribution in [0.4, 0.5) is 0 Å². The summed E-state index contributed by atoms with van der Waals surface area (Å²) in [6.07, 6.45) is 2.22. The Morgan fingerprint density at radius 2 is 1.86 bits per heavy atom. The van der Waals surface area contributed by atoms with Gasteiger partial charge in [-0.25, -0.2) is 0 Å². The van der Waals surface area contributed by atoms with Gasteiger partial charge in [-0.05, 0) is 43.9 Å². The number of carbonyl (C=O) groups is 1. The summed E-state index contributed by atoms with van der Waals surface area (Å²) in [4.78, 5) is 13.8. The number of benzene rings is 2. The van der Waals surface area contributed by atoms with Crippen LogP contribution in [-0.4, -0.2) is 11.9 Å². The molecule has 0 spiro atoms. The first-order valence-electron chi connectivity index (χ1n) is 7.73. The molecular weight excluding hydrogens is 290 g/mol.